The van der Waals surface area contributed by atoms with Crippen LogP contribution < -0.4 is 19.5 Å². The Hall–Kier alpha value is -1.91. The van der Waals surface area contributed by atoms with Crippen molar-refractivity contribution in [2.24, 2.45) is 0 Å². The molecular formula is C22H30ClNO3. The SMILES string of the molecule is CCCCCCOc1cccc(CNCc2cc(OC)c(OC)cc2Cl)c1. The molecular weight excluding hydrogens is 362 g/mol. The molecule has 0 atom stereocenters. The normalized spacial score (nSPS) is 10.7. The molecule has 0 saturated carbocycles. The molecule has 0 bridgehead atoms. The molecule has 148 valence electrons. The second-order valence-electron chi connectivity index (χ2n) is 6.46. The van der Waals surface area contributed by atoms with Gasteiger partial charge in [0.15, 0.2) is 11.5 Å². The fourth-order valence-corrected chi connectivity index (χ4v) is 3.06. The maximum atomic E-state index is 6.34. The number of hydrogen-bond acceptors (Lipinski definition) is 4. The summed E-state index contributed by atoms with van der Waals surface area (Å²) < 4.78 is 16.5. The monoisotopic (exact) mass is 391 g/mol. The lowest BCUT2D eigenvalue weighted by atomic mass is 10.1. The number of methoxy groups -OCH3 is 2. The van der Waals surface area contributed by atoms with Crippen LogP contribution in [0.15, 0.2) is 36.4 Å². The number of halogens is 1. The summed E-state index contributed by atoms with van der Waals surface area (Å²) in [5.41, 5.74) is 2.15. The van der Waals surface area contributed by atoms with E-state index in [1.807, 2.05) is 18.2 Å². The summed E-state index contributed by atoms with van der Waals surface area (Å²) in [5.74, 6) is 2.24. The average Bonchev–Trinajstić information content (AvgIpc) is 2.69. The quantitative estimate of drug-likeness (QED) is 0.477. The molecule has 2 aromatic carbocycles. The molecule has 0 aromatic heterocycles. The van der Waals surface area contributed by atoms with Gasteiger partial charge in [-0.2, -0.15) is 0 Å². The van der Waals surface area contributed by atoms with Gasteiger partial charge in [-0.3, -0.25) is 0 Å². The topological polar surface area (TPSA) is 39.7 Å². The molecule has 0 radical (unpaired) electrons. The molecule has 0 amide bonds. The van der Waals surface area contributed by atoms with Gasteiger partial charge in [0.25, 0.3) is 0 Å². The lowest BCUT2D eigenvalue weighted by molar-refractivity contribution is 0.304. The third-order valence-corrected chi connectivity index (χ3v) is 4.71. The number of benzene rings is 2. The van der Waals surface area contributed by atoms with E-state index >= 15 is 0 Å². The van der Waals surface area contributed by atoms with Crippen molar-refractivity contribution in [1.82, 2.24) is 5.32 Å². The molecule has 0 spiro atoms. The Morgan fingerprint density at radius 3 is 2.44 bits per heavy atom. The second kappa shape index (κ2) is 11.7. The fourth-order valence-electron chi connectivity index (χ4n) is 2.84. The van der Waals surface area contributed by atoms with Crippen molar-refractivity contribution in [1.29, 1.82) is 0 Å². The van der Waals surface area contributed by atoms with Gasteiger partial charge < -0.3 is 19.5 Å². The predicted octanol–water partition coefficient (Wildman–Crippen LogP) is 5.61. The van der Waals surface area contributed by atoms with Gasteiger partial charge in [-0.05, 0) is 35.7 Å². The minimum atomic E-state index is 0.634. The molecule has 5 heteroatoms. The number of unbranched alkanes of at least 4 members (excludes halogenated alkanes) is 3. The summed E-state index contributed by atoms with van der Waals surface area (Å²) in [7, 11) is 3.22. The van der Waals surface area contributed by atoms with Crippen LogP contribution >= 0.6 is 11.6 Å². The van der Waals surface area contributed by atoms with Gasteiger partial charge in [0.05, 0.1) is 20.8 Å². The fraction of sp³-hybridized carbons (Fsp3) is 0.455. The third kappa shape index (κ3) is 6.96. The molecule has 0 aliphatic carbocycles. The predicted molar refractivity (Wildman–Crippen MR) is 111 cm³/mol. The Kier molecular flexibility index (Phi) is 9.29. The first-order chi connectivity index (χ1) is 13.2. The van der Waals surface area contributed by atoms with Crippen molar-refractivity contribution in [3.63, 3.8) is 0 Å². The maximum Gasteiger partial charge on any atom is 0.162 e. The standard InChI is InChI=1S/C22H30ClNO3/c1-4-5-6-7-11-27-19-10-8-9-17(12-19)15-24-16-18-13-21(25-2)22(26-3)14-20(18)23/h8-10,12-14,24H,4-7,11,15-16H2,1-3H3. The lowest BCUT2D eigenvalue weighted by Crippen LogP contribution is -2.13. The van der Waals surface area contributed by atoms with Crippen LogP contribution in [0.2, 0.25) is 5.02 Å². The molecule has 0 fully saturated rings. The summed E-state index contributed by atoms with van der Waals surface area (Å²) in [5, 5.41) is 4.08. The van der Waals surface area contributed by atoms with Gasteiger partial charge in [0.1, 0.15) is 5.75 Å². The first-order valence-corrected chi connectivity index (χ1v) is 9.88. The van der Waals surface area contributed by atoms with Gasteiger partial charge in [0, 0.05) is 24.2 Å². The van der Waals surface area contributed by atoms with E-state index in [0.29, 0.717) is 23.1 Å². The van der Waals surface area contributed by atoms with E-state index in [1.54, 1.807) is 20.3 Å². The van der Waals surface area contributed by atoms with E-state index in [-0.39, 0.29) is 0 Å². The van der Waals surface area contributed by atoms with Crippen LogP contribution in [-0.2, 0) is 13.1 Å². The van der Waals surface area contributed by atoms with Crippen molar-refractivity contribution < 1.29 is 14.2 Å². The van der Waals surface area contributed by atoms with Gasteiger partial charge in [-0.1, -0.05) is 49.9 Å². The Morgan fingerprint density at radius 2 is 1.70 bits per heavy atom. The van der Waals surface area contributed by atoms with E-state index in [9.17, 15) is 0 Å². The minimum Gasteiger partial charge on any atom is -0.494 e. The van der Waals surface area contributed by atoms with Crippen molar-refractivity contribution in [3.8, 4) is 17.2 Å². The Labute approximate surface area is 167 Å². The van der Waals surface area contributed by atoms with Gasteiger partial charge in [0.2, 0.25) is 0 Å². The summed E-state index contributed by atoms with van der Waals surface area (Å²) in [4.78, 5) is 0. The van der Waals surface area contributed by atoms with Crippen molar-refractivity contribution in [2.45, 2.75) is 45.7 Å². The Bertz CT molecular complexity index is 706. The van der Waals surface area contributed by atoms with Crippen LogP contribution in [-0.4, -0.2) is 20.8 Å². The second-order valence-corrected chi connectivity index (χ2v) is 6.87. The zero-order valence-corrected chi connectivity index (χ0v) is 17.3. The first kappa shape index (κ1) is 21.4. The highest BCUT2D eigenvalue weighted by molar-refractivity contribution is 6.31. The summed E-state index contributed by atoms with van der Waals surface area (Å²) in [6.45, 7) is 4.36. The first-order valence-electron chi connectivity index (χ1n) is 9.50. The highest BCUT2D eigenvalue weighted by atomic mass is 35.5. The summed E-state index contributed by atoms with van der Waals surface area (Å²) in [6.07, 6.45) is 4.84. The van der Waals surface area contributed by atoms with Gasteiger partial charge in [-0.25, -0.2) is 0 Å². The maximum absolute atomic E-state index is 6.34. The van der Waals surface area contributed by atoms with Gasteiger partial charge >= 0.3 is 0 Å². The molecule has 2 rings (SSSR count). The number of ether oxygens (including phenoxy) is 3. The van der Waals surface area contributed by atoms with Crippen LogP contribution in [0.3, 0.4) is 0 Å². The summed E-state index contributed by atoms with van der Waals surface area (Å²) >= 11 is 6.34. The van der Waals surface area contributed by atoms with Crippen molar-refractivity contribution in [2.75, 3.05) is 20.8 Å². The van der Waals surface area contributed by atoms with Crippen LogP contribution in [0, 0.1) is 0 Å². The van der Waals surface area contributed by atoms with Crippen LogP contribution in [0.25, 0.3) is 0 Å². The minimum absolute atomic E-state index is 0.634. The van der Waals surface area contributed by atoms with E-state index < -0.39 is 0 Å². The molecule has 0 aliphatic rings. The van der Waals surface area contributed by atoms with E-state index in [0.717, 1.165) is 30.9 Å². The number of rotatable bonds is 12. The highest BCUT2D eigenvalue weighted by Crippen LogP contribution is 2.33. The molecule has 0 saturated heterocycles. The highest BCUT2D eigenvalue weighted by Gasteiger charge is 2.09. The van der Waals surface area contributed by atoms with Crippen molar-refractivity contribution in [3.05, 3.63) is 52.5 Å². The molecule has 1 N–H and O–H groups in total. The molecule has 2 aromatic rings. The molecule has 0 aliphatic heterocycles. The van der Waals surface area contributed by atoms with Crippen LogP contribution in [0.1, 0.15) is 43.7 Å². The van der Waals surface area contributed by atoms with E-state index in [4.69, 9.17) is 25.8 Å². The molecule has 27 heavy (non-hydrogen) atoms. The third-order valence-electron chi connectivity index (χ3n) is 4.36. The number of hydrogen-bond donors (Lipinski definition) is 1. The Balaban J connectivity index is 1.85. The average molecular weight is 392 g/mol. The number of nitrogens with one attached hydrogen (secondary N) is 1. The smallest absolute Gasteiger partial charge is 0.162 e. The largest absolute Gasteiger partial charge is 0.494 e. The molecule has 0 unspecified atom stereocenters. The zero-order chi connectivity index (χ0) is 19.5. The Morgan fingerprint density at radius 1 is 0.926 bits per heavy atom. The molecule has 4 nitrogen and oxygen atoms in total. The van der Waals surface area contributed by atoms with Crippen LogP contribution in [0.4, 0.5) is 0 Å². The lowest BCUT2D eigenvalue weighted by Gasteiger charge is -2.13. The van der Waals surface area contributed by atoms with E-state index in [1.165, 1.54) is 24.8 Å². The van der Waals surface area contributed by atoms with Gasteiger partial charge in [-0.15, -0.1) is 0 Å². The summed E-state index contributed by atoms with van der Waals surface area (Å²) in [6, 6.07) is 11.9. The molecule has 0 heterocycles. The van der Waals surface area contributed by atoms with E-state index in [2.05, 4.69) is 24.4 Å². The van der Waals surface area contributed by atoms with Crippen LogP contribution in [0.5, 0.6) is 17.2 Å². The zero-order valence-electron chi connectivity index (χ0n) is 16.5. The van der Waals surface area contributed by atoms with Crippen molar-refractivity contribution >= 4 is 11.6 Å².